The number of pyridine rings is 1. The second kappa shape index (κ2) is 8.65. The van der Waals surface area contributed by atoms with E-state index in [1.165, 1.54) is 24.1 Å². The molecule has 2 aromatic rings. The van der Waals surface area contributed by atoms with E-state index < -0.39 is 11.9 Å². The zero-order valence-electron chi connectivity index (χ0n) is 20.6. The van der Waals surface area contributed by atoms with Crippen molar-refractivity contribution in [1.82, 2.24) is 9.88 Å². The lowest BCUT2D eigenvalue weighted by Crippen LogP contribution is -2.49. The maximum atomic E-state index is 13.0. The fraction of sp³-hybridized carbons (Fsp3) is 0.538. The molecule has 33 heavy (non-hydrogen) atoms. The van der Waals surface area contributed by atoms with Gasteiger partial charge in [0.25, 0.3) is 5.91 Å². The molecule has 1 amide bonds. The Bertz CT molecular complexity index is 992. The van der Waals surface area contributed by atoms with Crippen molar-refractivity contribution in [2.45, 2.75) is 65.5 Å². The molecule has 0 unspecified atom stereocenters. The first kappa shape index (κ1) is 25.1. The van der Waals surface area contributed by atoms with Crippen LogP contribution < -0.4 is 4.90 Å². The lowest BCUT2D eigenvalue weighted by Gasteiger charge is -2.37. The van der Waals surface area contributed by atoms with Crippen molar-refractivity contribution in [2.75, 3.05) is 31.1 Å². The van der Waals surface area contributed by atoms with Crippen molar-refractivity contribution in [3.05, 3.63) is 58.4 Å². The van der Waals surface area contributed by atoms with Gasteiger partial charge in [0.05, 0.1) is 11.3 Å². The van der Waals surface area contributed by atoms with E-state index in [9.17, 15) is 18.0 Å². The van der Waals surface area contributed by atoms with E-state index in [4.69, 9.17) is 0 Å². The summed E-state index contributed by atoms with van der Waals surface area (Å²) >= 11 is 0. The highest BCUT2D eigenvalue weighted by atomic mass is 19.4. The first-order valence-electron chi connectivity index (χ1n) is 11.3. The molecular weight excluding hydrogens is 427 g/mol. The number of carbonyl (C=O) groups excluding carboxylic acids is 1. The van der Waals surface area contributed by atoms with Crippen LogP contribution in [0.1, 0.15) is 74.4 Å². The average Bonchev–Trinajstić information content (AvgIpc) is 2.71. The van der Waals surface area contributed by atoms with Crippen molar-refractivity contribution in [2.24, 2.45) is 0 Å². The predicted molar refractivity (Wildman–Crippen MR) is 126 cm³/mol. The van der Waals surface area contributed by atoms with E-state index in [-0.39, 0.29) is 28.0 Å². The van der Waals surface area contributed by atoms with Gasteiger partial charge in [0.2, 0.25) is 0 Å². The van der Waals surface area contributed by atoms with Crippen LogP contribution in [-0.2, 0) is 17.0 Å². The molecule has 0 atom stereocenters. The number of hydrogen-bond donors (Lipinski definition) is 0. The fourth-order valence-corrected chi connectivity index (χ4v) is 3.94. The molecule has 7 heteroatoms. The maximum Gasteiger partial charge on any atom is 0.433 e. The van der Waals surface area contributed by atoms with E-state index in [1.54, 1.807) is 4.90 Å². The molecule has 0 aliphatic carbocycles. The van der Waals surface area contributed by atoms with Crippen molar-refractivity contribution < 1.29 is 18.0 Å². The Balaban J connectivity index is 1.78. The number of rotatable bonds is 2. The van der Waals surface area contributed by atoms with Gasteiger partial charge < -0.3 is 9.80 Å². The molecule has 180 valence electrons. The van der Waals surface area contributed by atoms with Crippen LogP contribution in [0.4, 0.5) is 18.9 Å². The van der Waals surface area contributed by atoms with Gasteiger partial charge in [0.1, 0.15) is 5.69 Å². The van der Waals surface area contributed by atoms with Gasteiger partial charge in [0.15, 0.2) is 0 Å². The number of halogens is 3. The maximum absolute atomic E-state index is 13.0. The largest absolute Gasteiger partial charge is 0.433 e. The van der Waals surface area contributed by atoms with E-state index in [2.05, 4.69) is 69.6 Å². The van der Waals surface area contributed by atoms with Crippen LogP contribution in [-0.4, -0.2) is 42.0 Å². The first-order chi connectivity index (χ1) is 15.1. The minimum Gasteiger partial charge on any atom is -0.368 e. The summed E-state index contributed by atoms with van der Waals surface area (Å²) < 4.78 is 38.7. The average molecular weight is 462 g/mol. The van der Waals surface area contributed by atoms with Gasteiger partial charge in [0, 0.05) is 31.9 Å². The Labute approximate surface area is 194 Å². The van der Waals surface area contributed by atoms with Gasteiger partial charge in [-0.15, -0.1) is 0 Å². The third-order valence-corrected chi connectivity index (χ3v) is 6.19. The molecule has 0 N–H and O–H groups in total. The summed E-state index contributed by atoms with van der Waals surface area (Å²) in [4.78, 5) is 20.6. The molecule has 0 bridgehead atoms. The molecule has 0 radical (unpaired) electrons. The van der Waals surface area contributed by atoms with Gasteiger partial charge in [-0.05, 0) is 53.1 Å². The number of carbonyl (C=O) groups is 1. The van der Waals surface area contributed by atoms with Crippen LogP contribution in [0, 0.1) is 6.92 Å². The molecule has 1 saturated heterocycles. The van der Waals surface area contributed by atoms with Gasteiger partial charge in [-0.2, -0.15) is 13.2 Å². The number of hydrogen-bond acceptors (Lipinski definition) is 3. The smallest absolute Gasteiger partial charge is 0.368 e. The van der Waals surface area contributed by atoms with E-state index in [0.29, 0.717) is 26.2 Å². The Morgan fingerprint density at radius 3 is 1.79 bits per heavy atom. The molecule has 0 spiro atoms. The standard InChI is InChI=1S/C26H34F3N3O/c1-17-21(8-9-22(30-17)26(27,28)29)23(33)32-12-10-31(11-13-32)20-15-18(24(2,3)4)14-19(16-20)25(5,6)7/h8-9,14-16H,10-13H2,1-7H3. The number of amides is 1. The molecule has 4 nitrogen and oxygen atoms in total. The third-order valence-electron chi connectivity index (χ3n) is 6.19. The van der Waals surface area contributed by atoms with Gasteiger partial charge in [-0.3, -0.25) is 4.79 Å². The number of alkyl halides is 3. The van der Waals surface area contributed by atoms with Crippen molar-refractivity contribution >= 4 is 11.6 Å². The Hall–Kier alpha value is -2.57. The highest BCUT2D eigenvalue weighted by Gasteiger charge is 2.33. The molecular formula is C26H34F3N3O. The number of anilines is 1. The molecule has 1 aliphatic rings. The van der Waals surface area contributed by atoms with Crippen LogP contribution in [0.5, 0.6) is 0 Å². The minimum absolute atomic E-state index is 0.0148. The highest BCUT2D eigenvalue weighted by Crippen LogP contribution is 2.34. The normalized spacial score (nSPS) is 15.7. The first-order valence-corrected chi connectivity index (χ1v) is 11.3. The van der Waals surface area contributed by atoms with E-state index >= 15 is 0 Å². The SMILES string of the molecule is Cc1nc(C(F)(F)F)ccc1C(=O)N1CCN(c2cc(C(C)(C)C)cc(C(C)(C)C)c2)CC1. The van der Waals surface area contributed by atoms with Crippen LogP contribution in [0.3, 0.4) is 0 Å². The molecule has 2 heterocycles. The van der Waals surface area contributed by atoms with Crippen molar-refractivity contribution in [3.8, 4) is 0 Å². The zero-order chi connectivity index (χ0) is 24.8. The monoisotopic (exact) mass is 461 g/mol. The lowest BCUT2D eigenvalue weighted by molar-refractivity contribution is -0.141. The predicted octanol–water partition coefficient (Wildman–Crippen LogP) is 5.97. The lowest BCUT2D eigenvalue weighted by atomic mass is 9.80. The van der Waals surface area contributed by atoms with Gasteiger partial charge >= 0.3 is 6.18 Å². The van der Waals surface area contributed by atoms with E-state index in [1.807, 2.05) is 0 Å². The summed E-state index contributed by atoms with van der Waals surface area (Å²) in [5, 5.41) is 0. The Kier molecular flexibility index (Phi) is 6.57. The molecule has 1 aromatic carbocycles. The van der Waals surface area contributed by atoms with Gasteiger partial charge in [-0.25, -0.2) is 4.98 Å². The third kappa shape index (κ3) is 5.68. The summed E-state index contributed by atoms with van der Waals surface area (Å²) in [7, 11) is 0. The summed E-state index contributed by atoms with van der Waals surface area (Å²) in [6.45, 7) is 17.0. The second-order valence-corrected chi connectivity index (χ2v) is 10.9. The van der Waals surface area contributed by atoms with Crippen LogP contribution >= 0.6 is 0 Å². The molecule has 3 rings (SSSR count). The number of benzene rings is 1. The zero-order valence-corrected chi connectivity index (χ0v) is 20.6. The second-order valence-electron chi connectivity index (χ2n) is 10.9. The van der Waals surface area contributed by atoms with Crippen LogP contribution in [0.15, 0.2) is 30.3 Å². The summed E-state index contributed by atoms with van der Waals surface area (Å²) in [6.07, 6.45) is -4.52. The minimum atomic E-state index is -4.52. The number of aromatic nitrogens is 1. The van der Waals surface area contributed by atoms with Crippen LogP contribution in [0.2, 0.25) is 0 Å². The molecule has 1 aromatic heterocycles. The number of piperazine rings is 1. The fourth-order valence-electron chi connectivity index (χ4n) is 3.94. The topological polar surface area (TPSA) is 36.4 Å². The van der Waals surface area contributed by atoms with Crippen LogP contribution in [0.25, 0.3) is 0 Å². The number of aryl methyl sites for hydroxylation is 1. The summed E-state index contributed by atoms with van der Waals surface area (Å²) in [6, 6.07) is 8.86. The molecule has 1 fully saturated rings. The number of nitrogens with zero attached hydrogens (tertiary/aromatic N) is 3. The quantitative estimate of drug-likeness (QED) is 0.553. The summed E-state index contributed by atoms with van der Waals surface area (Å²) in [5.74, 6) is -0.271. The van der Waals surface area contributed by atoms with Gasteiger partial charge in [-0.1, -0.05) is 47.6 Å². The highest BCUT2D eigenvalue weighted by molar-refractivity contribution is 5.95. The Morgan fingerprint density at radius 2 is 1.36 bits per heavy atom. The Morgan fingerprint density at radius 1 is 0.848 bits per heavy atom. The molecule has 0 saturated carbocycles. The van der Waals surface area contributed by atoms with E-state index in [0.717, 1.165) is 11.8 Å². The van der Waals surface area contributed by atoms with Crippen molar-refractivity contribution in [1.29, 1.82) is 0 Å². The van der Waals surface area contributed by atoms with Crippen molar-refractivity contribution in [3.63, 3.8) is 0 Å². The molecule has 1 aliphatic heterocycles. The summed E-state index contributed by atoms with van der Waals surface area (Å²) in [5.41, 5.74) is 3.07.